The van der Waals surface area contributed by atoms with Crippen LogP contribution in [0.15, 0.2) is 53.4 Å². The first kappa shape index (κ1) is 19.3. The average molecular weight is 378 g/mol. The number of aryl methyl sites for hydroxylation is 1. The minimum absolute atomic E-state index is 0.119. The van der Waals surface area contributed by atoms with Crippen LogP contribution in [0.2, 0.25) is 5.02 Å². The lowest BCUT2D eigenvalue weighted by Crippen LogP contribution is -2.30. The number of ether oxygens (including phenoxy) is 1. The molecule has 0 saturated heterocycles. The molecule has 0 spiro atoms. The van der Waals surface area contributed by atoms with Crippen LogP contribution in [-0.4, -0.2) is 30.8 Å². The second-order valence-corrected chi connectivity index (χ2v) is 7.08. The zero-order valence-electron chi connectivity index (χ0n) is 14.0. The molecule has 0 aliphatic carbocycles. The van der Waals surface area contributed by atoms with Crippen LogP contribution in [0.25, 0.3) is 0 Å². The number of benzene rings is 2. The van der Waals surface area contributed by atoms with Gasteiger partial charge in [-0.25, -0.2) is 0 Å². The van der Waals surface area contributed by atoms with Crippen molar-refractivity contribution in [2.75, 3.05) is 18.9 Å². The van der Waals surface area contributed by atoms with Crippen LogP contribution >= 0.6 is 23.4 Å². The molecule has 0 heterocycles. The van der Waals surface area contributed by atoms with Gasteiger partial charge in [0.15, 0.2) is 6.61 Å². The second-order valence-electron chi connectivity index (χ2n) is 5.48. The maximum atomic E-state index is 11.7. The summed E-state index contributed by atoms with van der Waals surface area (Å²) in [6.07, 6.45) is 0.119. The van der Waals surface area contributed by atoms with Gasteiger partial charge in [0.25, 0.3) is 5.91 Å². The Morgan fingerprint density at radius 2 is 1.76 bits per heavy atom. The van der Waals surface area contributed by atoms with Gasteiger partial charge >= 0.3 is 5.97 Å². The molecule has 132 valence electrons. The van der Waals surface area contributed by atoms with Gasteiger partial charge in [-0.1, -0.05) is 41.4 Å². The molecule has 0 radical (unpaired) electrons. The minimum atomic E-state index is -0.438. The third-order valence-electron chi connectivity index (χ3n) is 3.34. The first-order valence-electron chi connectivity index (χ1n) is 7.89. The zero-order valence-corrected chi connectivity index (χ0v) is 15.5. The van der Waals surface area contributed by atoms with Crippen LogP contribution in [0.3, 0.4) is 0 Å². The molecule has 0 bridgehead atoms. The molecule has 0 aromatic heterocycles. The smallest absolute Gasteiger partial charge is 0.310 e. The number of nitrogens with one attached hydrogen (secondary N) is 1. The zero-order chi connectivity index (χ0) is 18.1. The summed E-state index contributed by atoms with van der Waals surface area (Å²) in [5, 5.41) is 3.35. The SMILES string of the molecule is Cc1ccc(SCCNC(=O)COC(=O)Cc2ccc(Cl)cc2)cc1. The number of hydrogen-bond acceptors (Lipinski definition) is 4. The molecular formula is C19H20ClNO3S. The average Bonchev–Trinajstić information content (AvgIpc) is 2.60. The van der Waals surface area contributed by atoms with E-state index in [1.54, 1.807) is 36.0 Å². The van der Waals surface area contributed by atoms with E-state index in [9.17, 15) is 9.59 Å². The number of carbonyl (C=O) groups excluding carboxylic acids is 2. The Bertz CT molecular complexity index is 702. The van der Waals surface area contributed by atoms with E-state index in [-0.39, 0.29) is 18.9 Å². The molecule has 25 heavy (non-hydrogen) atoms. The van der Waals surface area contributed by atoms with E-state index in [0.717, 1.165) is 16.2 Å². The van der Waals surface area contributed by atoms with E-state index in [1.165, 1.54) is 5.56 Å². The van der Waals surface area contributed by atoms with Crippen molar-refractivity contribution in [3.8, 4) is 0 Å². The Labute approximate surface area is 156 Å². The number of hydrogen-bond donors (Lipinski definition) is 1. The van der Waals surface area contributed by atoms with E-state index < -0.39 is 5.97 Å². The van der Waals surface area contributed by atoms with Crippen molar-refractivity contribution >= 4 is 35.2 Å². The number of carbonyl (C=O) groups is 2. The van der Waals surface area contributed by atoms with Gasteiger partial charge in [0.05, 0.1) is 6.42 Å². The summed E-state index contributed by atoms with van der Waals surface area (Å²) in [5.41, 5.74) is 2.02. The highest BCUT2D eigenvalue weighted by molar-refractivity contribution is 7.99. The lowest BCUT2D eigenvalue weighted by Gasteiger charge is -2.07. The Hall–Kier alpha value is -1.98. The molecule has 2 aromatic rings. The normalized spacial score (nSPS) is 10.3. The topological polar surface area (TPSA) is 55.4 Å². The summed E-state index contributed by atoms with van der Waals surface area (Å²) in [7, 11) is 0. The summed E-state index contributed by atoms with van der Waals surface area (Å²) in [5.74, 6) is 0.0218. The molecule has 1 N–H and O–H groups in total. The van der Waals surface area contributed by atoms with Gasteiger partial charge in [-0.05, 0) is 36.8 Å². The molecule has 6 heteroatoms. The van der Waals surface area contributed by atoms with Gasteiger partial charge in [-0.3, -0.25) is 9.59 Å². The number of thioether (sulfide) groups is 1. The number of amides is 1. The van der Waals surface area contributed by atoms with Gasteiger partial charge in [0.2, 0.25) is 0 Å². The van der Waals surface area contributed by atoms with Crippen LogP contribution in [0.4, 0.5) is 0 Å². The molecule has 0 unspecified atom stereocenters. The van der Waals surface area contributed by atoms with Crippen molar-refractivity contribution in [3.63, 3.8) is 0 Å². The monoisotopic (exact) mass is 377 g/mol. The molecule has 2 rings (SSSR count). The van der Waals surface area contributed by atoms with Crippen LogP contribution < -0.4 is 5.32 Å². The van der Waals surface area contributed by atoms with Gasteiger partial charge in [-0.2, -0.15) is 0 Å². The Morgan fingerprint density at radius 3 is 2.44 bits per heavy atom. The summed E-state index contributed by atoms with van der Waals surface area (Å²) < 4.78 is 4.98. The fourth-order valence-electron chi connectivity index (χ4n) is 2.01. The quantitative estimate of drug-likeness (QED) is 0.433. The predicted octanol–water partition coefficient (Wildman–Crippen LogP) is 3.64. The third-order valence-corrected chi connectivity index (χ3v) is 4.61. The lowest BCUT2D eigenvalue weighted by atomic mass is 10.1. The Balaban J connectivity index is 1.59. The van der Waals surface area contributed by atoms with Crippen molar-refractivity contribution in [1.29, 1.82) is 0 Å². The summed E-state index contributed by atoms with van der Waals surface area (Å²) in [6.45, 7) is 2.30. The van der Waals surface area contributed by atoms with E-state index in [4.69, 9.17) is 16.3 Å². The van der Waals surface area contributed by atoms with Crippen molar-refractivity contribution in [2.24, 2.45) is 0 Å². The highest BCUT2D eigenvalue weighted by Crippen LogP contribution is 2.17. The van der Waals surface area contributed by atoms with Crippen molar-refractivity contribution in [3.05, 3.63) is 64.7 Å². The van der Waals surface area contributed by atoms with E-state index in [2.05, 4.69) is 29.6 Å². The first-order chi connectivity index (χ1) is 12.0. The lowest BCUT2D eigenvalue weighted by molar-refractivity contribution is -0.147. The van der Waals surface area contributed by atoms with Gasteiger partial charge in [-0.15, -0.1) is 11.8 Å². The predicted molar refractivity (Wildman–Crippen MR) is 101 cm³/mol. The molecule has 4 nitrogen and oxygen atoms in total. The summed E-state index contributed by atoms with van der Waals surface area (Å²) >= 11 is 7.45. The summed E-state index contributed by atoms with van der Waals surface area (Å²) in [6, 6.07) is 15.2. The molecule has 0 aliphatic rings. The Morgan fingerprint density at radius 1 is 1.08 bits per heavy atom. The maximum Gasteiger partial charge on any atom is 0.310 e. The van der Waals surface area contributed by atoms with Crippen LogP contribution in [0.5, 0.6) is 0 Å². The minimum Gasteiger partial charge on any atom is -0.455 e. The molecule has 2 aromatic carbocycles. The van der Waals surface area contributed by atoms with Crippen LogP contribution in [0, 0.1) is 6.92 Å². The molecular weight excluding hydrogens is 358 g/mol. The highest BCUT2D eigenvalue weighted by atomic mass is 35.5. The number of esters is 1. The van der Waals surface area contributed by atoms with Gasteiger partial charge < -0.3 is 10.1 Å². The fourth-order valence-corrected chi connectivity index (χ4v) is 2.91. The van der Waals surface area contributed by atoms with Gasteiger partial charge in [0, 0.05) is 22.2 Å². The molecule has 0 fully saturated rings. The van der Waals surface area contributed by atoms with Gasteiger partial charge in [0.1, 0.15) is 0 Å². The van der Waals surface area contributed by atoms with Crippen molar-refractivity contribution in [2.45, 2.75) is 18.2 Å². The first-order valence-corrected chi connectivity index (χ1v) is 9.25. The second kappa shape index (κ2) is 10.1. The summed E-state index contributed by atoms with van der Waals surface area (Å²) in [4.78, 5) is 24.6. The van der Waals surface area contributed by atoms with Crippen LogP contribution in [-0.2, 0) is 20.7 Å². The number of rotatable bonds is 8. The highest BCUT2D eigenvalue weighted by Gasteiger charge is 2.08. The standard InChI is InChI=1S/C19H20ClNO3S/c1-14-2-8-17(9-3-14)25-11-10-21-18(22)13-24-19(23)12-15-4-6-16(20)7-5-15/h2-9H,10-13H2,1H3,(H,21,22). The van der Waals surface area contributed by atoms with Crippen molar-refractivity contribution < 1.29 is 14.3 Å². The Kier molecular flexibility index (Phi) is 7.82. The molecule has 0 atom stereocenters. The number of halogens is 1. The van der Waals surface area contributed by atoms with E-state index >= 15 is 0 Å². The van der Waals surface area contributed by atoms with Crippen LogP contribution in [0.1, 0.15) is 11.1 Å². The molecule has 1 amide bonds. The van der Waals surface area contributed by atoms with Crippen molar-refractivity contribution in [1.82, 2.24) is 5.32 Å². The maximum absolute atomic E-state index is 11.7. The molecule has 0 saturated carbocycles. The largest absolute Gasteiger partial charge is 0.455 e. The molecule has 0 aliphatic heterocycles. The van der Waals surface area contributed by atoms with E-state index in [0.29, 0.717) is 11.6 Å². The third kappa shape index (κ3) is 7.63. The van der Waals surface area contributed by atoms with E-state index in [1.807, 2.05) is 6.92 Å². The fraction of sp³-hybridized carbons (Fsp3) is 0.263.